The fourth-order valence-corrected chi connectivity index (χ4v) is 3.23. The quantitative estimate of drug-likeness (QED) is 0.693. The SMILES string of the molecule is C=CC(=O)N1CCC[C@@H](Oc2cnc3[nH]cc(C(=O)N[C@@H](C)COC)c3n2)C1. The first kappa shape index (κ1) is 19.8. The summed E-state index contributed by atoms with van der Waals surface area (Å²) in [5, 5.41) is 2.85. The topological polar surface area (TPSA) is 109 Å². The summed E-state index contributed by atoms with van der Waals surface area (Å²) in [7, 11) is 1.58. The predicted octanol–water partition coefficient (Wildman–Crippen LogP) is 1.28. The van der Waals surface area contributed by atoms with Gasteiger partial charge in [-0.15, -0.1) is 0 Å². The van der Waals surface area contributed by atoms with E-state index < -0.39 is 0 Å². The Morgan fingerprint density at radius 1 is 1.54 bits per heavy atom. The highest BCUT2D eigenvalue weighted by Crippen LogP contribution is 2.21. The van der Waals surface area contributed by atoms with Gasteiger partial charge in [-0.25, -0.2) is 9.97 Å². The second kappa shape index (κ2) is 8.83. The predicted molar refractivity (Wildman–Crippen MR) is 103 cm³/mol. The van der Waals surface area contributed by atoms with Gasteiger partial charge in [0.05, 0.1) is 24.9 Å². The molecule has 1 saturated heterocycles. The Bertz CT molecular complexity index is 865. The van der Waals surface area contributed by atoms with Gasteiger partial charge in [0.2, 0.25) is 11.8 Å². The molecule has 1 fully saturated rings. The number of aromatic amines is 1. The van der Waals surface area contributed by atoms with Crippen molar-refractivity contribution in [2.24, 2.45) is 0 Å². The molecule has 2 aromatic rings. The smallest absolute Gasteiger partial charge is 0.255 e. The number of aromatic nitrogens is 3. The van der Waals surface area contributed by atoms with Gasteiger partial charge in [-0.3, -0.25) is 9.59 Å². The number of carbonyl (C=O) groups is 2. The second-order valence-corrected chi connectivity index (χ2v) is 6.81. The Kier molecular flexibility index (Phi) is 6.25. The van der Waals surface area contributed by atoms with E-state index in [0.717, 1.165) is 12.8 Å². The number of H-pyrrole nitrogens is 1. The molecule has 1 aliphatic heterocycles. The van der Waals surface area contributed by atoms with Crippen molar-refractivity contribution in [2.75, 3.05) is 26.8 Å². The van der Waals surface area contributed by atoms with Crippen LogP contribution in [0.1, 0.15) is 30.1 Å². The van der Waals surface area contributed by atoms with E-state index in [2.05, 4.69) is 26.8 Å². The molecule has 0 radical (unpaired) electrons. The number of methoxy groups -OCH3 is 1. The molecule has 0 aliphatic carbocycles. The first-order chi connectivity index (χ1) is 13.5. The Morgan fingerprint density at radius 3 is 3.11 bits per heavy atom. The average molecular weight is 387 g/mol. The molecule has 9 nitrogen and oxygen atoms in total. The Balaban J connectivity index is 1.74. The van der Waals surface area contributed by atoms with Crippen LogP contribution in [0.2, 0.25) is 0 Å². The summed E-state index contributed by atoms with van der Waals surface area (Å²) in [5.41, 5.74) is 1.33. The zero-order valence-corrected chi connectivity index (χ0v) is 16.1. The van der Waals surface area contributed by atoms with Crippen molar-refractivity contribution in [3.8, 4) is 5.88 Å². The van der Waals surface area contributed by atoms with Gasteiger partial charge in [-0.05, 0) is 25.8 Å². The number of nitrogens with zero attached hydrogens (tertiary/aromatic N) is 3. The number of hydrogen-bond acceptors (Lipinski definition) is 6. The van der Waals surface area contributed by atoms with E-state index >= 15 is 0 Å². The van der Waals surface area contributed by atoms with E-state index in [4.69, 9.17) is 9.47 Å². The van der Waals surface area contributed by atoms with Crippen LogP contribution in [-0.4, -0.2) is 70.6 Å². The van der Waals surface area contributed by atoms with Crippen LogP contribution < -0.4 is 10.1 Å². The van der Waals surface area contributed by atoms with E-state index in [1.165, 1.54) is 12.3 Å². The van der Waals surface area contributed by atoms with Gasteiger partial charge in [0.1, 0.15) is 11.6 Å². The van der Waals surface area contributed by atoms with E-state index in [1.807, 2.05) is 6.92 Å². The van der Waals surface area contributed by atoms with Crippen molar-refractivity contribution in [1.82, 2.24) is 25.2 Å². The third-order valence-corrected chi connectivity index (χ3v) is 4.55. The monoisotopic (exact) mass is 387 g/mol. The van der Waals surface area contributed by atoms with E-state index in [9.17, 15) is 9.59 Å². The second-order valence-electron chi connectivity index (χ2n) is 6.81. The molecular formula is C19H25N5O4. The maximum Gasteiger partial charge on any atom is 0.255 e. The number of nitrogens with one attached hydrogen (secondary N) is 2. The molecule has 2 N–H and O–H groups in total. The minimum atomic E-state index is -0.261. The summed E-state index contributed by atoms with van der Waals surface area (Å²) in [4.78, 5) is 37.7. The maximum atomic E-state index is 12.5. The third-order valence-electron chi connectivity index (χ3n) is 4.55. The summed E-state index contributed by atoms with van der Waals surface area (Å²) in [5.74, 6) is -0.0451. The third kappa shape index (κ3) is 4.48. The van der Waals surface area contributed by atoms with Gasteiger partial charge in [0.15, 0.2) is 5.65 Å². The fraction of sp³-hybridized carbons (Fsp3) is 0.474. The highest BCUT2D eigenvalue weighted by atomic mass is 16.5. The lowest BCUT2D eigenvalue weighted by Crippen LogP contribution is -2.43. The van der Waals surface area contributed by atoms with Gasteiger partial charge in [-0.2, -0.15) is 0 Å². The van der Waals surface area contributed by atoms with E-state index in [-0.39, 0.29) is 24.0 Å². The highest BCUT2D eigenvalue weighted by Gasteiger charge is 2.24. The van der Waals surface area contributed by atoms with Gasteiger partial charge in [-0.1, -0.05) is 6.58 Å². The molecule has 0 aromatic carbocycles. The Labute approximate surface area is 163 Å². The molecule has 2 atom stereocenters. The fourth-order valence-electron chi connectivity index (χ4n) is 3.23. The molecule has 3 heterocycles. The minimum Gasteiger partial charge on any atom is -0.471 e. The lowest BCUT2D eigenvalue weighted by atomic mass is 10.1. The van der Waals surface area contributed by atoms with Crippen LogP contribution in [0, 0.1) is 0 Å². The van der Waals surface area contributed by atoms with Crippen LogP contribution >= 0.6 is 0 Å². The molecule has 150 valence electrons. The first-order valence-corrected chi connectivity index (χ1v) is 9.23. The number of hydrogen-bond donors (Lipinski definition) is 2. The van der Waals surface area contributed by atoms with Crippen LogP contribution in [0.3, 0.4) is 0 Å². The van der Waals surface area contributed by atoms with Crippen LogP contribution in [0.5, 0.6) is 5.88 Å². The lowest BCUT2D eigenvalue weighted by Gasteiger charge is -2.31. The van der Waals surface area contributed by atoms with Crippen molar-refractivity contribution in [1.29, 1.82) is 0 Å². The Hall–Kier alpha value is -2.94. The average Bonchev–Trinajstić information content (AvgIpc) is 3.11. The van der Waals surface area contributed by atoms with Gasteiger partial charge in [0.25, 0.3) is 5.91 Å². The number of piperidine rings is 1. The number of carbonyl (C=O) groups excluding carboxylic acids is 2. The van der Waals surface area contributed by atoms with Crippen LogP contribution in [0.25, 0.3) is 11.2 Å². The van der Waals surface area contributed by atoms with Crippen molar-refractivity contribution < 1.29 is 19.1 Å². The molecule has 0 unspecified atom stereocenters. The number of rotatable bonds is 7. The van der Waals surface area contributed by atoms with Crippen LogP contribution in [-0.2, 0) is 9.53 Å². The number of ether oxygens (including phenoxy) is 2. The van der Waals surface area contributed by atoms with E-state index in [0.29, 0.717) is 42.3 Å². The normalized spacial score (nSPS) is 17.9. The number of fused-ring (bicyclic) bond motifs is 1. The van der Waals surface area contributed by atoms with Gasteiger partial charge in [0, 0.05) is 25.9 Å². The number of likely N-dealkylation sites (tertiary alicyclic amines) is 1. The summed E-state index contributed by atoms with van der Waals surface area (Å²) < 4.78 is 11.0. The zero-order chi connectivity index (χ0) is 20.1. The van der Waals surface area contributed by atoms with Gasteiger partial charge >= 0.3 is 0 Å². The van der Waals surface area contributed by atoms with Crippen molar-refractivity contribution in [3.05, 3.63) is 30.6 Å². The molecule has 0 bridgehead atoms. The van der Waals surface area contributed by atoms with E-state index in [1.54, 1.807) is 18.2 Å². The zero-order valence-electron chi connectivity index (χ0n) is 16.1. The molecular weight excluding hydrogens is 362 g/mol. The molecule has 28 heavy (non-hydrogen) atoms. The minimum absolute atomic E-state index is 0.107. The molecule has 1 aliphatic rings. The largest absolute Gasteiger partial charge is 0.471 e. The standard InChI is InChI=1S/C19H25N5O4/c1-4-16(25)24-7-5-6-13(10-24)28-15-9-21-18-17(23-15)14(8-20-18)19(26)22-12(2)11-27-3/h4,8-9,12-13H,1,5-7,10-11H2,2-3H3,(H,20,21)(H,22,26)/t12-,13+/m0/s1. The molecule has 9 heteroatoms. The van der Waals surface area contributed by atoms with Crippen molar-refractivity contribution in [3.63, 3.8) is 0 Å². The first-order valence-electron chi connectivity index (χ1n) is 9.23. The Morgan fingerprint density at radius 2 is 2.36 bits per heavy atom. The van der Waals surface area contributed by atoms with Crippen LogP contribution in [0.15, 0.2) is 25.0 Å². The molecule has 0 saturated carbocycles. The summed E-state index contributed by atoms with van der Waals surface area (Å²) in [6.45, 7) is 6.96. The maximum absolute atomic E-state index is 12.5. The molecule has 2 aromatic heterocycles. The van der Waals surface area contributed by atoms with Crippen molar-refractivity contribution >= 4 is 23.0 Å². The molecule has 0 spiro atoms. The summed E-state index contributed by atoms with van der Waals surface area (Å²) in [6.07, 6.45) is 5.88. The molecule has 3 rings (SSSR count). The van der Waals surface area contributed by atoms with Crippen molar-refractivity contribution in [2.45, 2.75) is 31.9 Å². The number of amides is 2. The highest BCUT2D eigenvalue weighted by molar-refractivity contribution is 6.04. The summed E-state index contributed by atoms with van der Waals surface area (Å²) in [6, 6.07) is -0.134. The summed E-state index contributed by atoms with van der Waals surface area (Å²) >= 11 is 0. The van der Waals surface area contributed by atoms with Gasteiger partial charge < -0.3 is 24.7 Å². The lowest BCUT2D eigenvalue weighted by molar-refractivity contribution is -0.128. The molecule has 2 amide bonds. The van der Waals surface area contributed by atoms with Crippen LogP contribution in [0.4, 0.5) is 0 Å².